The van der Waals surface area contributed by atoms with Gasteiger partial charge in [-0.15, -0.1) is 0 Å². The molecule has 156 valence electrons. The van der Waals surface area contributed by atoms with Gasteiger partial charge in [0.05, 0.1) is 17.4 Å². The molecule has 0 saturated heterocycles. The van der Waals surface area contributed by atoms with Gasteiger partial charge in [0, 0.05) is 30.1 Å². The highest BCUT2D eigenvalue weighted by atomic mass is 35.5. The fourth-order valence-electron chi connectivity index (χ4n) is 3.07. The number of hydrogen-bond donors (Lipinski definition) is 2. The number of nitrogens with one attached hydrogen (secondary N) is 2. The van der Waals surface area contributed by atoms with Gasteiger partial charge in [0.1, 0.15) is 5.82 Å². The molecule has 1 aromatic heterocycles. The standard InChI is InChI=1S/C22H23ClN4O3/c1-2-27(14-19-25-18-7-4-3-6-17(18)22(30)26-19)20(28)8-5-13-24-21(29)15-9-11-16(23)12-10-15/h3-4,6-7,9-12H,2,5,8,13-14H2,1H3,(H,24,29)(H,25,26,30). The van der Waals surface area contributed by atoms with Crippen LogP contribution in [0.5, 0.6) is 0 Å². The highest BCUT2D eigenvalue weighted by Gasteiger charge is 2.14. The van der Waals surface area contributed by atoms with Gasteiger partial charge in [-0.05, 0) is 49.7 Å². The monoisotopic (exact) mass is 426 g/mol. The van der Waals surface area contributed by atoms with Crippen LogP contribution in [-0.4, -0.2) is 39.8 Å². The molecule has 3 aromatic rings. The molecule has 2 N–H and O–H groups in total. The molecule has 0 saturated carbocycles. The summed E-state index contributed by atoms with van der Waals surface area (Å²) in [5.41, 5.74) is 0.904. The third-order valence-electron chi connectivity index (χ3n) is 4.70. The molecule has 0 bridgehead atoms. The van der Waals surface area contributed by atoms with E-state index in [-0.39, 0.29) is 30.3 Å². The summed E-state index contributed by atoms with van der Waals surface area (Å²) in [7, 11) is 0. The van der Waals surface area contributed by atoms with Crippen LogP contribution in [0.1, 0.15) is 35.9 Å². The minimum atomic E-state index is -0.219. The number of carbonyl (C=O) groups is 2. The van der Waals surface area contributed by atoms with E-state index in [1.165, 1.54) is 0 Å². The van der Waals surface area contributed by atoms with Crippen molar-refractivity contribution in [1.82, 2.24) is 20.2 Å². The largest absolute Gasteiger partial charge is 0.352 e. The summed E-state index contributed by atoms with van der Waals surface area (Å²) in [6, 6.07) is 13.7. The van der Waals surface area contributed by atoms with Gasteiger partial charge in [-0.25, -0.2) is 4.98 Å². The molecular formula is C22H23ClN4O3. The Morgan fingerprint density at radius 2 is 1.87 bits per heavy atom. The lowest BCUT2D eigenvalue weighted by Gasteiger charge is -2.20. The second-order valence-corrected chi connectivity index (χ2v) is 7.24. The molecule has 8 heteroatoms. The number of benzene rings is 2. The van der Waals surface area contributed by atoms with E-state index in [2.05, 4.69) is 15.3 Å². The van der Waals surface area contributed by atoms with Crippen molar-refractivity contribution in [2.45, 2.75) is 26.3 Å². The lowest BCUT2D eigenvalue weighted by atomic mass is 10.2. The van der Waals surface area contributed by atoms with E-state index in [1.54, 1.807) is 47.4 Å². The Morgan fingerprint density at radius 3 is 2.60 bits per heavy atom. The van der Waals surface area contributed by atoms with Crippen molar-refractivity contribution in [2.24, 2.45) is 0 Å². The molecule has 0 aliphatic heterocycles. The summed E-state index contributed by atoms with van der Waals surface area (Å²) in [6.07, 6.45) is 0.795. The van der Waals surface area contributed by atoms with Crippen molar-refractivity contribution in [1.29, 1.82) is 0 Å². The topological polar surface area (TPSA) is 95.2 Å². The van der Waals surface area contributed by atoms with Gasteiger partial charge in [0.2, 0.25) is 5.91 Å². The van der Waals surface area contributed by atoms with Crippen molar-refractivity contribution in [2.75, 3.05) is 13.1 Å². The normalized spacial score (nSPS) is 10.7. The summed E-state index contributed by atoms with van der Waals surface area (Å²) in [5.74, 6) is 0.184. The van der Waals surface area contributed by atoms with Crippen molar-refractivity contribution in [3.8, 4) is 0 Å². The lowest BCUT2D eigenvalue weighted by Crippen LogP contribution is -2.32. The molecule has 0 radical (unpaired) electrons. The molecule has 0 fully saturated rings. The molecular weight excluding hydrogens is 404 g/mol. The Bertz CT molecular complexity index is 1100. The van der Waals surface area contributed by atoms with Gasteiger partial charge >= 0.3 is 0 Å². The van der Waals surface area contributed by atoms with E-state index < -0.39 is 0 Å². The molecule has 0 aliphatic carbocycles. The molecule has 7 nitrogen and oxygen atoms in total. The zero-order valence-electron chi connectivity index (χ0n) is 16.7. The SMILES string of the molecule is CCN(Cc1nc2ccccc2c(=O)[nH]1)C(=O)CCCNC(=O)c1ccc(Cl)cc1. The summed E-state index contributed by atoms with van der Waals surface area (Å²) in [6.45, 7) is 2.98. The van der Waals surface area contributed by atoms with Gasteiger partial charge in [0.15, 0.2) is 0 Å². The highest BCUT2D eigenvalue weighted by Crippen LogP contribution is 2.10. The Kier molecular flexibility index (Phi) is 7.19. The van der Waals surface area contributed by atoms with Gasteiger partial charge in [-0.1, -0.05) is 23.7 Å². The van der Waals surface area contributed by atoms with Crippen LogP contribution in [0.4, 0.5) is 0 Å². The Hall–Kier alpha value is -3.19. The molecule has 0 atom stereocenters. The maximum absolute atomic E-state index is 12.6. The number of carbonyl (C=O) groups excluding carboxylic acids is 2. The number of amides is 2. The fourth-order valence-corrected chi connectivity index (χ4v) is 3.20. The molecule has 3 rings (SSSR count). The highest BCUT2D eigenvalue weighted by molar-refractivity contribution is 6.30. The molecule has 0 unspecified atom stereocenters. The van der Waals surface area contributed by atoms with Crippen LogP contribution in [0.3, 0.4) is 0 Å². The maximum Gasteiger partial charge on any atom is 0.258 e. The van der Waals surface area contributed by atoms with Crippen LogP contribution in [0.15, 0.2) is 53.3 Å². The summed E-state index contributed by atoms with van der Waals surface area (Å²) in [4.78, 5) is 45.7. The third kappa shape index (κ3) is 5.45. The zero-order chi connectivity index (χ0) is 21.5. The van der Waals surface area contributed by atoms with Gasteiger partial charge in [-0.3, -0.25) is 14.4 Å². The van der Waals surface area contributed by atoms with E-state index in [0.717, 1.165) is 0 Å². The van der Waals surface area contributed by atoms with Crippen molar-refractivity contribution >= 4 is 34.3 Å². The molecule has 30 heavy (non-hydrogen) atoms. The molecule has 0 spiro atoms. The minimum absolute atomic E-state index is 0.0611. The minimum Gasteiger partial charge on any atom is -0.352 e. The Balaban J connectivity index is 1.52. The van der Waals surface area contributed by atoms with Gasteiger partial charge < -0.3 is 15.2 Å². The average molecular weight is 427 g/mol. The van der Waals surface area contributed by atoms with E-state index >= 15 is 0 Å². The number of aromatic nitrogens is 2. The first-order chi connectivity index (χ1) is 14.5. The lowest BCUT2D eigenvalue weighted by molar-refractivity contribution is -0.131. The maximum atomic E-state index is 12.6. The smallest absolute Gasteiger partial charge is 0.258 e. The van der Waals surface area contributed by atoms with E-state index in [9.17, 15) is 14.4 Å². The van der Waals surface area contributed by atoms with Crippen LogP contribution in [-0.2, 0) is 11.3 Å². The summed E-state index contributed by atoms with van der Waals surface area (Å²) in [5, 5.41) is 3.88. The zero-order valence-corrected chi connectivity index (χ0v) is 17.4. The number of para-hydroxylation sites is 1. The number of halogens is 1. The first kappa shape index (κ1) is 21.5. The molecule has 2 aromatic carbocycles. The number of fused-ring (bicyclic) bond motifs is 1. The number of rotatable bonds is 8. The Morgan fingerprint density at radius 1 is 1.13 bits per heavy atom. The number of hydrogen-bond acceptors (Lipinski definition) is 4. The predicted molar refractivity (Wildman–Crippen MR) is 116 cm³/mol. The summed E-state index contributed by atoms with van der Waals surface area (Å²) >= 11 is 5.82. The Labute approximate surface area is 179 Å². The first-order valence-electron chi connectivity index (χ1n) is 9.77. The average Bonchev–Trinajstić information content (AvgIpc) is 2.75. The number of aromatic amines is 1. The van der Waals surface area contributed by atoms with Crippen LogP contribution in [0.25, 0.3) is 10.9 Å². The molecule has 0 aliphatic rings. The fraction of sp³-hybridized carbons (Fsp3) is 0.273. The predicted octanol–water partition coefficient (Wildman–Crippen LogP) is 3.14. The number of nitrogens with zero attached hydrogens (tertiary/aromatic N) is 2. The second-order valence-electron chi connectivity index (χ2n) is 6.80. The van der Waals surface area contributed by atoms with Crippen molar-refractivity contribution in [3.05, 3.63) is 75.3 Å². The summed E-state index contributed by atoms with van der Waals surface area (Å²) < 4.78 is 0. The van der Waals surface area contributed by atoms with Gasteiger partial charge in [0.25, 0.3) is 11.5 Å². The van der Waals surface area contributed by atoms with E-state index in [0.29, 0.717) is 46.8 Å². The molecule has 1 heterocycles. The molecule has 2 amide bonds. The second kappa shape index (κ2) is 10.0. The van der Waals surface area contributed by atoms with Crippen LogP contribution < -0.4 is 10.9 Å². The van der Waals surface area contributed by atoms with Crippen LogP contribution in [0.2, 0.25) is 5.02 Å². The van der Waals surface area contributed by atoms with E-state index in [1.807, 2.05) is 13.0 Å². The quantitative estimate of drug-likeness (QED) is 0.541. The van der Waals surface area contributed by atoms with Crippen molar-refractivity contribution in [3.63, 3.8) is 0 Å². The first-order valence-corrected chi connectivity index (χ1v) is 10.1. The van der Waals surface area contributed by atoms with E-state index in [4.69, 9.17) is 11.6 Å². The van der Waals surface area contributed by atoms with Crippen molar-refractivity contribution < 1.29 is 9.59 Å². The van der Waals surface area contributed by atoms with Crippen LogP contribution >= 0.6 is 11.6 Å². The van der Waals surface area contributed by atoms with Crippen LogP contribution in [0, 0.1) is 0 Å². The number of H-pyrrole nitrogens is 1. The van der Waals surface area contributed by atoms with Gasteiger partial charge in [-0.2, -0.15) is 0 Å². The third-order valence-corrected chi connectivity index (χ3v) is 4.95.